The highest BCUT2D eigenvalue weighted by Gasteiger charge is 2.20. The van der Waals surface area contributed by atoms with E-state index in [2.05, 4.69) is 69.9 Å². The summed E-state index contributed by atoms with van der Waals surface area (Å²) in [7, 11) is 0. The first kappa shape index (κ1) is 18.0. The Morgan fingerprint density at radius 3 is 2.64 bits per heavy atom. The van der Waals surface area contributed by atoms with Gasteiger partial charge in [0.15, 0.2) is 5.16 Å². The molecule has 1 aliphatic rings. The van der Waals surface area contributed by atoms with E-state index < -0.39 is 0 Å². The van der Waals surface area contributed by atoms with Gasteiger partial charge in [0.25, 0.3) is 0 Å². The van der Waals surface area contributed by atoms with Gasteiger partial charge in [-0.1, -0.05) is 68.1 Å². The molecule has 0 spiro atoms. The number of nitrogens with zero attached hydrogens (tertiary/aromatic N) is 4. The van der Waals surface area contributed by atoms with Crippen molar-refractivity contribution >= 4 is 23.8 Å². The molecule has 1 aliphatic heterocycles. The van der Waals surface area contributed by atoms with Gasteiger partial charge in [-0.05, 0) is 11.5 Å². The largest absolute Gasteiger partial charge is 0.378 e. The van der Waals surface area contributed by atoms with E-state index in [1.807, 2.05) is 6.07 Å². The van der Waals surface area contributed by atoms with Crippen molar-refractivity contribution < 1.29 is 4.74 Å². The molecule has 0 saturated carbocycles. The monoisotopic (exact) mass is 358 g/mol. The summed E-state index contributed by atoms with van der Waals surface area (Å²) >= 11 is 1.74. The number of hydrogen-bond acceptors (Lipinski definition) is 5. The zero-order chi connectivity index (χ0) is 17.5. The third kappa shape index (κ3) is 5.09. The lowest BCUT2D eigenvalue weighted by Crippen LogP contribution is -2.38. The average Bonchev–Trinajstić information content (AvgIpc) is 3.02. The van der Waals surface area contributed by atoms with Crippen LogP contribution >= 0.6 is 11.8 Å². The molecule has 1 aromatic carbocycles. The fourth-order valence-electron chi connectivity index (χ4n) is 2.78. The molecule has 2 heterocycles. The summed E-state index contributed by atoms with van der Waals surface area (Å²) in [6.07, 6.45) is 4.34. The Morgan fingerprint density at radius 1 is 1.16 bits per heavy atom. The molecule has 134 valence electrons. The van der Waals surface area contributed by atoms with Crippen molar-refractivity contribution in [1.29, 1.82) is 0 Å². The molecule has 1 saturated heterocycles. The maximum absolute atomic E-state index is 5.46. The molecule has 1 fully saturated rings. The number of anilines is 1. The number of aromatic nitrogens is 3. The number of hydrogen-bond donors (Lipinski definition) is 0. The predicted molar refractivity (Wildman–Crippen MR) is 104 cm³/mol. The summed E-state index contributed by atoms with van der Waals surface area (Å²) in [4.78, 5) is 2.28. The Labute approximate surface area is 154 Å². The molecule has 6 heteroatoms. The molecule has 3 rings (SSSR count). The average molecular weight is 359 g/mol. The van der Waals surface area contributed by atoms with Gasteiger partial charge in [0.05, 0.1) is 13.2 Å². The van der Waals surface area contributed by atoms with Crippen LogP contribution in [0.4, 0.5) is 5.95 Å². The van der Waals surface area contributed by atoms with Gasteiger partial charge in [-0.3, -0.25) is 4.57 Å². The minimum Gasteiger partial charge on any atom is -0.378 e. The summed E-state index contributed by atoms with van der Waals surface area (Å²) in [6.45, 7) is 8.68. The van der Waals surface area contributed by atoms with Crippen molar-refractivity contribution in [3.8, 4) is 0 Å². The highest BCUT2D eigenvalue weighted by Crippen LogP contribution is 2.24. The van der Waals surface area contributed by atoms with Crippen molar-refractivity contribution in [3.63, 3.8) is 0 Å². The molecule has 2 aromatic rings. The summed E-state index contributed by atoms with van der Waals surface area (Å²) < 4.78 is 7.72. The zero-order valence-corrected chi connectivity index (χ0v) is 15.8. The first-order valence-corrected chi connectivity index (χ1v) is 9.83. The Bertz CT molecular complexity index is 678. The molecule has 0 atom stereocenters. The van der Waals surface area contributed by atoms with Gasteiger partial charge < -0.3 is 9.64 Å². The van der Waals surface area contributed by atoms with E-state index in [0.717, 1.165) is 49.7 Å². The zero-order valence-electron chi connectivity index (χ0n) is 15.0. The molecular weight excluding hydrogens is 332 g/mol. The fourth-order valence-corrected chi connectivity index (χ4v) is 3.53. The lowest BCUT2D eigenvalue weighted by Gasteiger charge is -2.28. The second-order valence-electron chi connectivity index (χ2n) is 6.51. The maximum atomic E-state index is 5.46. The molecule has 0 bridgehead atoms. The van der Waals surface area contributed by atoms with Crippen LogP contribution in [0.2, 0.25) is 0 Å². The topological polar surface area (TPSA) is 43.2 Å². The minimum atomic E-state index is 0.551. The molecule has 0 amide bonds. The molecular formula is C19H26N4OS. The lowest BCUT2D eigenvalue weighted by atomic mass is 10.2. The van der Waals surface area contributed by atoms with Crippen LogP contribution in [0.1, 0.15) is 19.4 Å². The highest BCUT2D eigenvalue weighted by atomic mass is 32.2. The van der Waals surface area contributed by atoms with Gasteiger partial charge in [0, 0.05) is 25.4 Å². The van der Waals surface area contributed by atoms with Gasteiger partial charge in [-0.2, -0.15) is 0 Å². The molecule has 0 unspecified atom stereocenters. The highest BCUT2D eigenvalue weighted by molar-refractivity contribution is 7.99. The van der Waals surface area contributed by atoms with Crippen LogP contribution in [0.5, 0.6) is 0 Å². The Kier molecular flexibility index (Phi) is 6.53. The first-order valence-electron chi connectivity index (χ1n) is 8.84. The van der Waals surface area contributed by atoms with Crippen LogP contribution in [-0.4, -0.2) is 46.8 Å². The van der Waals surface area contributed by atoms with Crippen LogP contribution in [0.25, 0.3) is 6.08 Å². The van der Waals surface area contributed by atoms with E-state index in [4.69, 9.17) is 4.74 Å². The summed E-state index contributed by atoms with van der Waals surface area (Å²) in [6, 6.07) is 10.4. The van der Waals surface area contributed by atoms with E-state index in [9.17, 15) is 0 Å². The summed E-state index contributed by atoms with van der Waals surface area (Å²) in [5.74, 6) is 2.41. The molecule has 5 nitrogen and oxygen atoms in total. The molecule has 0 N–H and O–H groups in total. The fraction of sp³-hybridized carbons (Fsp3) is 0.474. The quantitative estimate of drug-likeness (QED) is 0.708. The second-order valence-corrected chi connectivity index (χ2v) is 7.50. The summed E-state index contributed by atoms with van der Waals surface area (Å²) in [5.41, 5.74) is 1.22. The number of thioether (sulfide) groups is 1. The van der Waals surface area contributed by atoms with Gasteiger partial charge >= 0.3 is 0 Å². The van der Waals surface area contributed by atoms with E-state index in [1.165, 1.54) is 5.56 Å². The van der Waals surface area contributed by atoms with Crippen LogP contribution in [0.3, 0.4) is 0 Å². The molecule has 0 radical (unpaired) electrons. The standard InChI is InChI=1S/C19H26N4OS/c1-16(2)15-23-18(22-10-12-24-13-11-22)20-21-19(23)25-14-6-9-17-7-4-3-5-8-17/h3-9,16H,10-15H2,1-2H3. The number of ether oxygens (including phenoxy) is 1. The SMILES string of the molecule is CC(C)Cn1c(SCC=Cc2ccccc2)nnc1N1CCOCC1. The van der Waals surface area contributed by atoms with Crippen LogP contribution in [-0.2, 0) is 11.3 Å². The van der Waals surface area contributed by atoms with Crippen molar-refractivity contribution in [1.82, 2.24) is 14.8 Å². The van der Waals surface area contributed by atoms with Crippen LogP contribution < -0.4 is 4.90 Å². The maximum Gasteiger partial charge on any atom is 0.228 e. The van der Waals surface area contributed by atoms with E-state index in [0.29, 0.717) is 5.92 Å². The Balaban J connectivity index is 1.67. The normalized spacial score (nSPS) is 15.4. The predicted octanol–water partition coefficient (Wildman–Crippen LogP) is 3.58. The van der Waals surface area contributed by atoms with Gasteiger partial charge in [-0.15, -0.1) is 10.2 Å². The van der Waals surface area contributed by atoms with Gasteiger partial charge in [0.1, 0.15) is 0 Å². The summed E-state index contributed by atoms with van der Waals surface area (Å²) in [5, 5.41) is 9.91. The van der Waals surface area contributed by atoms with Gasteiger partial charge in [0.2, 0.25) is 5.95 Å². The van der Waals surface area contributed by atoms with Gasteiger partial charge in [-0.25, -0.2) is 0 Å². The van der Waals surface area contributed by atoms with Crippen molar-refractivity contribution in [2.75, 3.05) is 37.0 Å². The van der Waals surface area contributed by atoms with E-state index in [1.54, 1.807) is 11.8 Å². The van der Waals surface area contributed by atoms with Crippen molar-refractivity contribution in [2.24, 2.45) is 5.92 Å². The molecule has 0 aliphatic carbocycles. The minimum absolute atomic E-state index is 0.551. The van der Waals surface area contributed by atoms with Crippen molar-refractivity contribution in [3.05, 3.63) is 42.0 Å². The Morgan fingerprint density at radius 2 is 1.92 bits per heavy atom. The smallest absolute Gasteiger partial charge is 0.228 e. The number of morpholine rings is 1. The third-order valence-electron chi connectivity index (χ3n) is 3.96. The molecule has 1 aromatic heterocycles. The lowest BCUT2D eigenvalue weighted by molar-refractivity contribution is 0.121. The van der Waals surface area contributed by atoms with Crippen LogP contribution in [0.15, 0.2) is 41.6 Å². The van der Waals surface area contributed by atoms with Crippen molar-refractivity contribution in [2.45, 2.75) is 25.5 Å². The number of benzene rings is 1. The third-order valence-corrected chi connectivity index (χ3v) is 4.88. The van der Waals surface area contributed by atoms with E-state index in [-0.39, 0.29) is 0 Å². The Hall–Kier alpha value is -1.79. The number of rotatable bonds is 7. The second kappa shape index (κ2) is 9.06. The van der Waals surface area contributed by atoms with E-state index >= 15 is 0 Å². The first-order chi connectivity index (χ1) is 12.2. The molecule has 25 heavy (non-hydrogen) atoms. The van der Waals surface area contributed by atoms with Crippen LogP contribution in [0, 0.1) is 5.92 Å².